The average Bonchev–Trinajstić information content (AvgIpc) is 2.31. The Morgan fingerprint density at radius 3 is 3.06 bits per heavy atom. The van der Waals surface area contributed by atoms with Crippen LogP contribution in [0.4, 0.5) is 5.69 Å². The first-order chi connectivity index (χ1) is 7.74. The molecule has 4 heteroatoms. The SMILES string of the molecule is CCC(CO)c1ccc2c(c1)OCC(=O)N2. The highest BCUT2D eigenvalue weighted by Crippen LogP contribution is 2.31. The van der Waals surface area contributed by atoms with E-state index in [9.17, 15) is 9.90 Å². The predicted molar refractivity (Wildman–Crippen MR) is 60.7 cm³/mol. The Hall–Kier alpha value is -1.55. The standard InChI is InChI=1S/C12H15NO3/c1-2-8(6-14)9-3-4-10-11(5-9)16-7-12(15)13-10/h3-5,8,14H,2,6-7H2,1H3,(H,13,15). The lowest BCUT2D eigenvalue weighted by molar-refractivity contribution is -0.118. The number of aliphatic hydroxyl groups excluding tert-OH is 1. The lowest BCUT2D eigenvalue weighted by Gasteiger charge is -2.20. The number of hydrogen-bond acceptors (Lipinski definition) is 3. The number of nitrogens with one attached hydrogen (secondary N) is 1. The summed E-state index contributed by atoms with van der Waals surface area (Å²) < 4.78 is 5.32. The van der Waals surface area contributed by atoms with Crippen molar-refractivity contribution in [3.63, 3.8) is 0 Å². The number of hydrogen-bond donors (Lipinski definition) is 2. The quantitative estimate of drug-likeness (QED) is 0.813. The van der Waals surface area contributed by atoms with Crippen molar-refractivity contribution >= 4 is 11.6 Å². The molecular formula is C12H15NO3. The molecule has 0 saturated heterocycles. The van der Waals surface area contributed by atoms with Crippen LogP contribution >= 0.6 is 0 Å². The van der Waals surface area contributed by atoms with Gasteiger partial charge in [-0.2, -0.15) is 0 Å². The molecule has 16 heavy (non-hydrogen) atoms. The van der Waals surface area contributed by atoms with Crippen molar-refractivity contribution in [1.29, 1.82) is 0 Å². The third kappa shape index (κ3) is 2.02. The van der Waals surface area contributed by atoms with Crippen molar-refractivity contribution in [2.75, 3.05) is 18.5 Å². The summed E-state index contributed by atoms with van der Waals surface area (Å²) in [4.78, 5) is 11.1. The number of anilines is 1. The fourth-order valence-corrected chi connectivity index (χ4v) is 1.82. The van der Waals surface area contributed by atoms with E-state index < -0.39 is 0 Å². The van der Waals surface area contributed by atoms with Crippen molar-refractivity contribution in [2.24, 2.45) is 0 Å². The molecule has 0 aromatic heterocycles. The van der Waals surface area contributed by atoms with Crippen molar-refractivity contribution in [2.45, 2.75) is 19.3 Å². The average molecular weight is 221 g/mol. The number of amides is 1. The highest BCUT2D eigenvalue weighted by molar-refractivity contribution is 5.95. The van der Waals surface area contributed by atoms with E-state index in [1.807, 2.05) is 25.1 Å². The number of fused-ring (bicyclic) bond motifs is 1. The Morgan fingerprint density at radius 1 is 1.56 bits per heavy atom. The van der Waals surface area contributed by atoms with Gasteiger partial charge in [0.2, 0.25) is 0 Å². The Labute approximate surface area is 94.2 Å². The van der Waals surface area contributed by atoms with Gasteiger partial charge in [-0.05, 0) is 24.1 Å². The van der Waals surface area contributed by atoms with Crippen LogP contribution in [0.15, 0.2) is 18.2 Å². The topological polar surface area (TPSA) is 58.6 Å². The lowest BCUT2D eigenvalue weighted by Crippen LogP contribution is -2.25. The minimum Gasteiger partial charge on any atom is -0.482 e. The smallest absolute Gasteiger partial charge is 0.262 e. The molecule has 0 aliphatic carbocycles. The summed E-state index contributed by atoms with van der Waals surface area (Å²) in [7, 11) is 0. The second kappa shape index (κ2) is 4.53. The van der Waals surface area contributed by atoms with E-state index in [1.165, 1.54) is 0 Å². The Bertz CT molecular complexity index is 399. The Kier molecular flexibility index (Phi) is 3.10. The number of benzene rings is 1. The molecule has 1 amide bonds. The molecule has 0 bridgehead atoms. The van der Waals surface area contributed by atoms with Crippen molar-refractivity contribution < 1.29 is 14.6 Å². The molecule has 0 spiro atoms. The normalized spacial score (nSPS) is 16.0. The van der Waals surface area contributed by atoms with Gasteiger partial charge < -0.3 is 15.2 Å². The second-order valence-electron chi connectivity index (χ2n) is 3.88. The first-order valence-corrected chi connectivity index (χ1v) is 5.42. The van der Waals surface area contributed by atoms with Crippen LogP contribution in [0.1, 0.15) is 24.8 Å². The fraction of sp³-hybridized carbons (Fsp3) is 0.417. The van der Waals surface area contributed by atoms with E-state index in [4.69, 9.17) is 4.74 Å². The molecular weight excluding hydrogens is 206 g/mol. The second-order valence-corrected chi connectivity index (χ2v) is 3.88. The molecule has 2 rings (SSSR count). The molecule has 1 unspecified atom stereocenters. The lowest BCUT2D eigenvalue weighted by atomic mass is 9.97. The van der Waals surface area contributed by atoms with Crippen LogP contribution in [0, 0.1) is 0 Å². The summed E-state index contributed by atoms with van der Waals surface area (Å²) in [6.45, 7) is 2.22. The molecule has 4 nitrogen and oxygen atoms in total. The summed E-state index contributed by atoms with van der Waals surface area (Å²) in [5, 5.41) is 12.0. The van der Waals surface area contributed by atoms with Crippen LogP contribution in [-0.2, 0) is 4.79 Å². The zero-order valence-electron chi connectivity index (χ0n) is 9.19. The number of rotatable bonds is 3. The maximum Gasteiger partial charge on any atom is 0.262 e. The van der Waals surface area contributed by atoms with Crippen LogP contribution in [0.2, 0.25) is 0 Å². The summed E-state index contributed by atoms with van der Waals surface area (Å²) >= 11 is 0. The van der Waals surface area contributed by atoms with Gasteiger partial charge in [0, 0.05) is 12.5 Å². The van der Waals surface area contributed by atoms with Gasteiger partial charge in [0.05, 0.1) is 5.69 Å². The van der Waals surface area contributed by atoms with Crippen LogP contribution < -0.4 is 10.1 Å². The van der Waals surface area contributed by atoms with Crippen molar-refractivity contribution in [3.8, 4) is 5.75 Å². The van der Waals surface area contributed by atoms with Crippen LogP contribution in [0.5, 0.6) is 5.75 Å². The van der Waals surface area contributed by atoms with Gasteiger partial charge in [-0.1, -0.05) is 13.0 Å². The minimum absolute atomic E-state index is 0.0619. The molecule has 0 radical (unpaired) electrons. The minimum atomic E-state index is -0.130. The zero-order chi connectivity index (χ0) is 11.5. The van der Waals surface area contributed by atoms with Gasteiger partial charge >= 0.3 is 0 Å². The monoisotopic (exact) mass is 221 g/mol. The van der Waals surface area contributed by atoms with E-state index in [0.29, 0.717) is 11.4 Å². The molecule has 1 aromatic rings. The fourth-order valence-electron chi connectivity index (χ4n) is 1.82. The van der Waals surface area contributed by atoms with E-state index >= 15 is 0 Å². The van der Waals surface area contributed by atoms with Crippen LogP contribution in [0.25, 0.3) is 0 Å². The summed E-state index contributed by atoms with van der Waals surface area (Å²) in [5.41, 5.74) is 1.74. The third-order valence-electron chi connectivity index (χ3n) is 2.82. The summed E-state index contributed by atoms with van der Waals surface area (Å²) in [6.07, 6.45) is 0.877. The first-order valence-electron chi connectivity index (χ1n) is 5.42. The maximum atomic E-state index is 11.1. The third-order valence-corrected chi connectivity index (χ3v) is 2.82. The van der Waals surface area contributed by atoms with Gasteiger partial charge in [-0.15, -0.1) is 0 Å². The molecule has 0 saturated carbocycles. The highest BCUT2D eigenvalue weighted by atomic mass is 16.5. The summed E-state index contributed by atoms with van der Waals surface area (Å²) in [6, 6.07) is 5.62. The van der Waals surface area contributed by atoms with Crippen molar-refractivity contribution in [3.05, 3.63) is 23.8 Å². The van der Waals surface area contributed by atoms with Gasteiger partial charge in [0.25, 0.3) is 5.91 Å². The Balaban J connectivity index is 2.28. The van der Waals surface area contributed by atoms with Gasteiger partial charge in [-0.3, -0.25) is 4.79 Å². The molecule has 1 atom stereocenters. The predicted octanol–water partition coefficient (Wildman–Crippen LogP) is 1.50. The molecule has 0 fully saturated rings. The van der Waals surface area contributed by atoms with E-state index in [-0.39, 0.29) is 25.0 Å². The van der Waals surface area contributed by atoms with Crippen LogP contribution in [0.3, 0.4) is 0 Å². The molecule has 86 valence electrons. The first kappa shape index (κ1) is 11.0. The molecule has 2 N–H and O–H groups in total. The molecule has 1 aliphatic rings. The van der Waals surface area contributed by atoms with Gasteiger partial charge in [0.15, 0.2) is 6.61 Å². The van der Waals surface area contributed by atoms with Gasteiger partial charge in [-0.25, -0.2) is 0 Å². The van der Waals surface area contributed by atoms with E-state index in [2.05, 4.69) is 5.32 Å². The number of ether oxygens (including phenoxy) is 1. The number of carbonyl (C=O) groups excluding carboxylic acids is 1. The number of aliphatic hydroxyl groups is 1. The Morgan fingerprint density at radius 2 is 2.38 bits per heavy atom. The highest BCUT2D eigenvalue weighted by Gasteiger charge is 2.17. The summed E-state index contributed by atoms with van der Waals surface area (Å²) in [5.74, 6) is 0.685. The largest absolute Gasteiger partial charge is 0.482 e. The number of carbonyl (C=O) groups is 1. The van der Waals surface area contributed by atoms with E-state index in [0.717, 1.165) is 12.0 Å². The molecule has 1 aromatic carbocycles. The molecule has 1 heterocycles. The maximum absolute atomic E-state index is 11.1. The van der Waals surface area contributed by atoms with Crippen molar-refractivity contribution in [1.82, 2.24) is 0 Å². The van der Waals surface area contributed by atoms with E-state index in [1.54, 1.807) is 0 Å². The zero-order valence-corrected chi connectivity index (χ0v) is 9.19. The molecule has 1 aliphatic heterocycles. The van der Waals surface area contributed by atoms with Crippen LogP contribution in [-0.4, -0.2) is 24.2 Å². The van der Waals surface area contributed by atoms with Gasteiger partial charge in [0.1, 0.15) is 5.75 Å².